The van der Waals surface area contributed by atoms with E-state index >= 15 is 0 Å². The van der Waals surface area contributed by atoms with Gasteiger partial charge in [-0.3, -0.25) is 9.69 Å². The van der Waals surface area contributed by atoms with E-state index in [1.165, 1.54) is 5.56 Å². The van der Waals surface area contributed by atoms with Gasteiger partial charge in [-0.2, -0.15) is 0 Å². The Morgan fingerprint density at radius 2 is 2.00 bits per heavy atom. The van der Waals surface area contributed by atoms with Crippen molar-refractivity contribution in [1.29, 1.82) is 0 Å². The van der Waals surface area contributed by atoms with Crippen LogP contribution in [0.4, 0.5) is 0 Å². The Kier molecular flexibility index (Phi) is 6.60. The van der Waals surface area contributed by atoms with Gasteiger partial charge in [0.05, 0.1) is 30.8 Å². The van der Waals surface area contributed by atoms with Crippen molar-refractivity contribution in [2.75, 3.05) is 33.9 Å². The Bertz CT molecular complexity index is 869. The maximum absolute atomic E-state index is 12.6. The molecule has 0 bridgehead atoms. The second kappa shape index (κ2) is 9.13. The molecule has 0 radical (unpaired) electrons. The van der Waals surface area contributed by atoms with E-state index in [1.54, 1.807) is 32.4 Å². The van der Waals surface area contributed by atoms with Gasteiger partial charge in [-0.25, -0.2) is 0 Å². The number of fused-ring (bicyclic) bond motifs is 1. The smallest absolute Gasteiger partial charge is 0.252 e. The molecule has 0 saturated carbocycles. The molecule has 28 heavy (non-hydrogen) atoms. The van der Waals surface area contributed by atoms with Gasteiger partial charge in [0.1, 0.15) is 0 Å². The fourth-order valence-corrected chi connectivity index (χ4v) is 3.86. The molecular weight excluding hydrogens is 376 g/mol. The molecule has 0 aliphatic carbocycles. The number of rotatable bonds is 7. The molecule has 2 aromatic carbocycles. The minimum Gasteiger partial charge on any atom is -0.493 e. The number of hydrogen-bond acceptors (Lipinski definition) is 4. The van der Waals surface area contributed by atoms with Gasteiger partial charge in [-0.05, 0) is 41.8 Å². The van der Waals surface area contributed by atoms with Crippen molar-refractivity contribution in [2.45, 2.75) is 12.5 Å². The zero-order valence-corrected chi connectivity index (χ0v) is 17.0. The first-order valence-electron chi connectivity index (χ1n) is 9.21. The summed E-state index contributed by atoms with van der Waals surface area (Å²) in [5.74, 6) is 1.22. The lowest BCUT2D eigenvalue weighted by molar-refractivity contribution is 0.0933. The molecular formula is C22H25ClN2O3. The second-order valence-corrected chi connectivity index (χ2v) is 7.05. The molecule has 3 rings (SSSR count). The highest BCUT2D eigenvalue weighted by molar-refractivity contribution is 6.33. The summed E-state index contributed by atoms with van der Waals surface area (Å²) in [6.07, 6.45) is 2.78. The molecule has 2 aromatic rings. The lowest BCUT2D eigenvalue weighted by atomic mass is 9.91. The van der Waals surface area contributed by atoms with Crippen LogP contribution in [0.25, 0.3) is 0 Å². The number of benzene rings is 2. The van der Waals surface area contributed by atoms with Crippen molar-refractivity contribution in [3.8, 4) is 11.5 Å². The summed E-state index contributed by atoms with van der Waals surface area (Å²) in [5.41, 5.74) is 2.81. The van der Waals surface area contributed by atoms with Crippen LogP contribution in [0.3, 0.4) is 0 Å². The van der Waals surface area contributed by atoms with Crippen LogP contribution in [0.5, 0.6) is 11.5 Å². The molecule has 0 saturated heterocycles. The maximum Gasteiger partial charge on any atom is 0.252 e. The number of amides is 1. The molecule has 148 valence electrons. The van der Waals surface area contributed by atoms with E-state index in [2.05, 4.69) is 16.8 Å². The maximum atomic E-state index is 12.6. The SMILES string of the molecule is C=CCN1CCc2cc(OC)c(OC)cc2C1CNC(=O)c1ccccc1Cl. The first-order chi connectivity index (χ1) is 13.6. The molecule has 1 N–H and O–H groups in total. The summed E-state index contributed by atoms with van der Waals surface area (Å²) in [4.78, 5) is 14.9. The number of ether oxygens (including phenoxy) is 2. The van der Waals surface area contributed by atoms with Gasteiger partial charge in [0.15, 0.2) is 11.5 Å². The van der Waals surface area contributed by atoms with Crippen molar-refractivity contribution < 1.29 is 14.3 Å². The zero-order chi connectivity index (χ0) is 20.1. The summed E-state index contributed by atoms with van der Waals surface area (Å²) in [6.45, 7) is 5.94. The van der Waals surface area contributed by atoms with E-state index < -0.39 is 0 Å². The van der Waals surface area contributed by atoms with Crippen LogP contribution >= 0.6 is 11.6 Å². The van der Waals surface area contributed by atoms with Crippen molar-refractivity contribution in [3.05, 3.63) is 70.8 Å². The van der Waals surface area contributed by atoms with Crippen molar-refractivity contribution >= 4 is 17.5 Å². The summed E-state index contributed by atoms with van der Waals surface area (Å²) in [7, 11) is 3.27. The van der Waals surface area contributed by atoms with Gasteiger partial charge < -0.3 is 14.8 Å². The van der Waals surface area contributed by atoms with E-state index in [9.17, 15) is 4.79 Å². The average molecular weight is 401 g/mol. The van der Waals surface area contributed by atoms with Crippen LogP contribution in [-0.2, 0) is 6.42 Å². The van der Waals surface area contributed by atoms with Crippen molar-refractivity contribution in [2.24, 2.45) is 0 Å². The molecule has 0 aromatic heterocycles. The Hall–Kier alpha value is -2.50. The predicted octanol–water partition coefficient (Wildman–Crippen LogP) is 3.87. The molecule has 1 unspecified atom stereocenters. The Labute approximate surface area is 170 Å². The summed E-state index contributed by atoms with van der Waals surface area (Å²) in [6, 6.07) is 11.1. The summed E-state index contributed by atoms with van der Waals surface area (Å²) in [5, 5.41) is 3.48. The normalized spacial score (nSPS) is 16.2. The standard InChI is InChI=1S/C22H25ClN2O3/c1-4-10-25-11-9-15-12-20(27-2)21(28-3)13-17(15)19(25)14-24-22(26)16-7-5-6-8-18(16)23/h4-8,12-13,19H,1,9-11,14H2,2-3H3,(H,24,26). The number of nitrogens with one attached hydrogen (secondary N) is 1. The Morgan fingerprint density at radius 1 is 1.29 bits per heavy atom. The van der Waals surface area contributed by atoms with E-state index in [4.69, 9.17) is 21.1 Å². The van der Waals surface area contributed by atoms with Gasteiger partial charge in [0.25, 0.3) is 5.91 Å². The van der Waals surface area contributed by atoms with Crippen LogP contribution < -0.4 is 14.8 Å². The molecule has 1 aliphatic rings. The van der Waals surface area contributed by atoms with Crippen LogP contribution in [-0.4, -0.2) is 44.7 Å². The van der Waals surface area contributed by atoms with Gasteiger partial charge in [-0.15, -0.1) is 6.58 Å². The van der Waals surface area contributed by atoms with Crippen LogP contribution in [0, 0.1) is 0 Å². The number of methoxy groups -OCH3 is 2. The lowest BCUT2D eigenvalue weighted by Crippen LogP contribution is -2.42. The third-order valence-electron chi connectivity index (χ3n) is 5.05. The van der Waals surface area contributed by atoms with Crippen LogP contribution in [0.15, 0.2) is 49.1 Å². The monoisotopic (exact) mass is 400 g/mol. The number of nitrogens with zero attached hydrogens (tertiary/aromatic N) is 1. The first-order valence-corrected chi connectivity index (χ1v) is 9.59. The lowest BCUT2D eigenvalue weighted by Gasteiger charge is -2.37. The van der Waals surface area contributed by atoms with E-state index in [1.807, 2.05) is 24.3 Å². The molecule has 6 heteroatoms. The highest BCUT2D eigenvalue weighted by Crippen LogP contribution is 2.37. The minimum absolute atomic E-state index is 0.00740. The molecule has 0 spiro atoms. The highest BCUT2D eigenvalue weighted by atomic mass is 35.5. The van der Waals surface area contributed by atoms with E-state index in [-0.39, 0.29) is 11.9 Å². The van der Waals surface area contributed by atoms with Crippen LogP contribution in [0.2, 0.25) is 5.02 Å². The van der Waals surface area contributed by atoms with Crippen LogP contribution in [0.1, 0.15) is 27.5 Å². The summed E-state index contributed by atoms with van der Waals surface area (Å²) < 4.78 is 10.9. The Balaban J connectivity index is 1.87. The number of hydrogen-bond donors (Lipinski definition) is 1. The number of halogens is 1. The summed E-state index contributed by atoms with van der Waals surface area (Å²) >= 11 is 6.16. The largest absolute Gasteiger partial charge is 0.493 e. The van der Waals surface area contributed by atoms with E-state index in [0.29, 0.717) is 22.9 Å². The number of carbonyl (C=O) groups excluding carboxylic acids is 1. The molecule has 5 nitrogen and oxygen atoms in total. The van der Waals surface area contributed by atoms with E-state index in [0.717, 1.165) is 30.8 Å². The molecule has 1 heterocycles. The minimum atomic E-state index is -0.184. The number of carbonyl (C=O) groups is 1. The fourth-order valence-electron chi connectivity index (χ4n) is 3.63. The van der Waals surface area contributed by atoms with Crippen molar-refractivity contribution in [1.82, 2.24) is 10.2 Å². The fraction of sp³-hybridized carbons (Fsp3) is 0.318. The average Bonchev–Trinajstić information content (AvgIpc) is 2.72. The van der Waals surface area contributed by atoms with Gasteiger partial charge in [0, 0.05) is 19.6 Å². The quantitative estimate of drug-likeness (QED) is 0.717. The molecule has 1 atom stereocenters. The third kappa shape index (κ3) is 4.16. The predicted molar refractivity (Wildman–Crippen MR) is 112 cm³/mol. The van der Waals surface area contributed by atoms with Gasteiger partial charge >= 0.3 is 0 Å². The topological polar surface area (TPSA) is 50.8 Å². The highest BCUT2D eigenvalue weighted by Gasteiger charge is 2.29. The first kappa shape index (κ1) is 20.2. The molecule has 1 aliphatic heterocycles. The molecule has 1 amide bonds. The third-order valence-corrected chi connectivity index (χ3v) is 5.38. The Morgan fingerprint density at radius 3 is 2.68 bits per heavy atom. The zero-order valence-electron chi connectivity index (χ0n) is 16.2. The van der Waals surface area contributed by atoms with Crippen molar-refractivity contribution in [3.63, 3.8) is 0 Å². The second-order valence-electron chi connectivity index (χ2n) is 6.65. The molecule has 0 fully saturated rings. The van der Waals surface area contributed by atoms with Gasteiger partial charge in [0.2, 0.25) is 0 Å². The van der Waals surface area contributed by atoms with Gasteiger partial charge in [-0.1, -0.05) is 29.8 Å².